The van der Waals surface area contributed by atoms with Crippen LogP contribution in [0.1, 0.15) is 70.6 Å². The Morgan fingerprint density at radius 1 is 0.897 bits per heavy atom. The number of carboxylic acids is 1. The van der Waals surface area contributed by atoms with Gasteiger partial charge in [-0.15, -0.1) is 0 Å². The van der Waals surface area contributed by atoms with Gasteiger partial charge in [-0.25, -0.2) is 9.78 Å². The lowest BCUT2D eigenvalue weighted by Crippen LogP contribution is -2.50. The maximum absolute atomic E-state index is 13.3. The monoisotopic (exact) mass is 540 g/mol. The summed E-state index contributed by atoms with van der Waals surface area (Å²) < 4.78 is 6.15. The van der Waals surface area contributed by atoms with Crippen LogP contribution in [-0.4, -0.2) is 101 Å². The average Bonchev–Trinajstić information content (AvgIpc) is 3.19. The Morgan fingerprint density at radius 2 is 1.64 bits per heavy atom. The molecule has 214 valence electrons. The van der Waals surface area contributed by atoms with Gasteiger partial charge < -0.3 is 24.5 Å². The molecular weight excluding hydrogens is 496 g/mol. The summed E-state index contributed by atoms with van der Waals surface area (Å²) in [6.07, 6.45) is 13.1. The highest BCUT2D eigenvalue weighted by Gasteiger charge is 2.49. The number of likely N-dealkylation sites (tertiary alicyclic amines) is 1. The molecule has 0 radical (unpaired) electrons. The average molecular weight is 541 g/mol. The minimum Gasteiger partial charge on any atom is -0.481 e. The largest absolute Gasteiger partial charge is 0.481 e. The smallest absolute Gasteiger partial charge is 0.410 e. The first-order chi connectivity index (χ1) is 19.1. The Hall–Kier alpha value is -2.62. The normalized spacial score (nSPS) is 29.7. The van der Waals surface area contributed by atoms with Crippen LogP contribution in [0.4, 0.5) is 16.6 Å². The maximum atomic E-state index is 13.3. The Labute approximate surface area is 231 Å². The van der Waals surface area contributed by atoms with E-state index in [4.69, 9.17) is 9.72 Å². The van der Waals surface area contributed by atoms with Crippen molar-refractivity contribution in [3.8, 4) is 0 Å². The van der Waals surface area contributed by atoms with E-state index in [0.717, 1.165) is 89.7 Å². The van der Waals surface area contributed by atoms with Gasteiger partial charge in [-0.05, 0) is 76.9 Å². The molecule has 0 bridgehead atoms. The molecule has 4 saturated heterocycles. The van der Waals surface area contributed by atoms with Crippen LogP contribution in [0, 0.1) is 11.8 Å². The van der Waals surface area contributed by atoms with Gasteiger partial charge in [0.15, 0.2) is 0 Å². The second kappa shape index (κ2) is 11.9. The van der Waals surface area contributed by atoms with Crippen LogP contribution in [0.3, 0.4) is 0 Å². The molecule has 3 atom stereocenters. The van der Waals surface area contributed by atoms with Gasteiger partial charge >= 0.3 is 12.1 Å². The minimum atomic E-state index is -0.669. The number of amides is 1. The summed E-state index contributed by atoms with van der Waals surface area (Å²) in [6, 6.07) is 2.38. The fraction of sp³-hybridized carbons (Fsp3) is 0.793. The summed E-state index contributed by atoms with van der Waals surface area (Å²) in [5.41, 5.74) is 0. The van der Waals surface area contributed by atoms with Crippen molar-refractivity contribution < 1.29 is 19.4 Å². The van der Waals surface area contributed by atoms with E-state index < -0.39 is 5.97 Å². The topological polar surface area (TPSA) is 102 Å². The van der Waals surface area contributed by atoms with Crippen LogP contribution in [0.15, 0.2) is 12.3 Å². The fourth-order valence-electron chi connectivity index (χ4n) is 7.63. The third-order valence-electron chi connectivity index (χ3n) is 9.85. The summed E-state index contributed by atoms with van der Waals surface area (Å²) >= 11 is 0. The van der Waals surface area contributed by atoms with E-state index in [9.17, 15) is 14.7 Å². The van der Waals surface area contributed by atoms with E-state index in [0.29, 0.717) is 18.8 Å². The molecular formula is C29H44N6O4. The summed E-state index contributed by atoms with van der Waals surface area (Å²) in [6.45, 7) is 6.38. The number of carboxylic acid groups (broad SMARTS) is 1. The molecule has 0 aromatic carbocycles. The molecule has 1 amide bonds. The first-order valence-corrected chi connectivity index (χ1v) is 15.3. The Morgan fingerprint density at radius 3 is 2.38 bits per heavy atom. The van der Waals surface area contributed by atoms with Crippen LogP contribution in [0.5, 0.6) is 0 Å². The molecule has 1 saturated carbocycles. The number of rotatable bonds is 6. The van der Waals surface area contributed by atoms with E-state index >= 15 is 0 Å². The second-order valence-corrected chi connectivity index (χ2v) is 12.3. The molecule has 0 spiro atoms. The first kappa shape index (κ1) is 26.6. The van der Waals surface area contributed by atoms with Crippen molar-refractivity contribution in [3.05, 3.63) is 12.3 Å². The number of hydrogen-bond donors (Lipinski definition) is 1. The zero-order chi connectivity index (χ0) is 26.8. The van der Waals surface area contributed by atoms with E-state index in [-0.39, 0.29) is 30.2 Å². The third-order valence-corrected chi connectivity index (χ3v) is 9.85. The molecule has 1 aromatic rings. The quantitative estimate of drug-likeness (QED) is 0.580. The van der Waals surface area contributed by atoms with Crippen molar-refractivity contribution in [3.63, 3.8) is 0 Å². The van der Waals surface area contributed by atoms with Gasteiger partial charge in [0.05, 0.1) is 12.0 Å². The van der Waals surface area contributed by atoms with Gasteiger partial charge in [-0.1, -0.05) is 12.8 Å². The first-order valence-electron chi connectivity index (χ1n) is 15.3. The Kier molecular flexibility index (Phi) is 8.09. The number of aromatic nitrogens is 2. The lowest BCUT2D eigenvalue weighted by molar-refractivity contribution is -0.143. The van der Waals surface area contributed by atoms with Crippen LogP contribution in [0.2, 0.25) is 0 Å². The van der Waals surface area contributed by atoms with Gasteiger partial charge in [0.1, 0.15) is 11.9 Å². The Bertz CT molecular complexity index is 1000. The third kappa shape index (κ3) is 5.81. The van der Waals surface area contributed by atoms with Crippen molar-refractivity contribution in [1.82, 2.24) is 19.8 Å². The number of fused-ring (bicyclic) bond motifs is 1. The number of ether oxygens (including phenoxy) is 1. The highest BCUT2D eigenvalue weighted by Crippen LogP contribution is 2.38. The zero-order valence-electron chi connectivity index (χ0n) is 23.1. The van der Waals surface area contributed by atoms with Crippen LogP contribution in [0.25, 0.3) is 0 Å². The lowest BCUT2D eigenvalue weighted by Gasteiger charge is -2.39. The van der Waals surface area contributed by atoms with Crippen molar-refractivity contribution in [1.29, 1.82) is 0 Å². The van der Waals surface area contributed by atoms with Gasteiger partial charge in [0, 0.05) is 50.9 Å². The van der Waals surface area contributed by atoms with E-state index in [1.54, 1.807) is 0 Å². The molecule has 1 aliphatic carbocycles. The van der Waals surface area contributed by atoms with Gasteiger partial charge in [0.2, 0.25) is 5.95 Å². The molecule has 10 nitrogen and oxygen atoms in total. The predicted molar refractivity (Wildman–Crippen MR) is 148 cm³/mol. The van der Waals surface area contributed by atoms with Gasteiger partial charge in [-0.2, -0.15) is 4.98 Å². The number of anilines is 2. The molecule has 5 heterocycles. The molecule has 3 unspecified atom stereocenters. The van der Waals surface area contributed by atoms with E-state index in [1.807, 2.05) is 12.3 Å². The number of nitrogens with zero attached hydrogens (tertiary/aromatic N) is 6. The number of piperidine rings is 3. The van der Waals surface area contributed by atoms with E-state index in [2.05, 4.69) is 24.6 Å². The number of aliphatic carboxylic acids is 1. The van der Waals surface area contributed by atoms with Crippen molar-refractivity contribution in [2.24, 2.45) is 11.8 Å². The standard InChI is InChI=1S/C29H44N6O4/c36-27(37)21-9-16-32(17-10-21)20-22-6-2-3-7-24-26(22)39-29(38)35(24)23-11-18-33(19-12-23)25-8-13-30-28(31-25)34-14-4-1-5-15-34/h8,13,21-24,26H,1-7,9-12,14-20H2,(H,36,37). The molecule has 1 N–H and O–H groups in total. The molecule has 5 fully saturated rings. The number of carbonyl (C=O) groups is 2. The second-order valence-electron chi connectivity index (χ2n) is 12.3. The Balaban J connectivity index is 1.07. The van der Waals surface area contributed by atoms with Crippen LogP contribution in [-0.2, 0) is 9.53 Å². The fourth-order valence-corrected chi connectivity index (χ4v) is 7.63. The summed E-state index contributed by atoms with van der Waals surface area (Å²) in [5, 5.41) is 9.34. The molecule has 5 aliphatic rings. The summed E-state index contributed by atoms with van der Waals surface area (Å²) in [4.78, 5) is 43.2. The lowest BCUT2D eigenvalue weighted by atomic mass is 9.90. The van der Waals surface area contributed by atoms with Gasteiger partial charge in [0.25, 0.3) is 0 Å². The minimum absolute atomic E-state index is 0.0517. The predicted octanol–water partition coefficient (Wildman–Crippen LogP) is 3.61. The molecule has 39 heavy (non-hydrogen) atoms. The van der Waals surface area contributed by atoms with Crippen molar-refractivity contribution >= 4 is 23.8 Å². The zero-order valence-corrected chi connectivity index (χ0v) is 23.1. The molecule has 6 rings (SSSR count). The van der Waals surface area contributed by atoms with Crippen LogP contribution < -0.4 is 9.80 Å². The maximum Gasteiger partial charge on any atom is 0.410 e. The molecule has 4 aliphatic heterocycles. The number of hydrogen-bond acceptors (Lipinski definition) is 8. The molecule has 1 aromatic heterocycles. The highest BCUT2D eigenvalue weighted by molar-refractivity contribution is 5.71. The molecule has 10 heteroatoms. The highest BCUT2D eigenvalue weighted by atomic mass is 16.6. The van der Waals surface area contributed by atoms with Crippen LogP contribution >= 0.6 is 0 Å². The van der Waals surface area contributed by atoms with Gasteiger partial charge in [-0.3, -0.25) is 9.69 Å². The summed E-state index contributed by atoms with van der Waals surface area (Å²) in [7, 11) is 0. The van der Waals surface area contributed by atoms with Crippen molar-refractivity contribution in [2.45, 2.75) is 88.8 Å². The van der Waals surface area contributed by atoms with Crippen molar-refractivity contribution in [2.75, 3.05) is 55.6 Å². The SMILES string of the molecule is O=C(O)C1CCN(CC2CCCCC3C2OC(=O)N3C2CCN(c3ccnc(N4CCCCC4)n3)CC2)CC1. The van der Waals surface area contributed by atoms with E-state index in [1.165, 1.54) is 25.7 Å². The number of carbonyl (C=O) groups excluding carboxylic acids is 1. The summed E-state index contributed by atoms with van der Waals surface area (Å²) in [5.74, 6) is 1.27.